The zero-order valence-electron chi connectivity index (χ0n) is 11.3. The summed E-state index contributed by atoms with van der Waals surface area (Å²) in [5.74, 6) is 0. The standard InChI is InChI=1S/C6H13O9P.C3H8O3/c7-1-3(8)5(10)6(11)4(9)2-15-16(12,13)14;4-1-3(6)2-5/h1,3-6,8-11H,2H2,(H2,12,13,14);3-6H,1-2H2. The van der Waals surface area contributed by atoms with E-state index in [9.17, 15) is 9.36 Å². The fourth-order valence-electron chi connectivity index (χ4n) is 0.840. The first-order valence-corrected chi connectivity index (χ1v) is 7.30. The minimum atomic E-state index is -4.80. The molecule has 0 fully saturated rings. The van der Waals surface area contributed by atoms with Gasteiger partial charge in [-0.05, 0) is 0 Å². The molecule has 12 nitrogen and oxygen atoms in total. The van der Waals surface area contributed by atoms with Crippen LogP contribution in [-0.4, -0.2) is 102 Å². The topological polar surface area (TPSA) is 225 Å². The lowest BCUT2D eigenvalue weighted by atomic mass is 10.0. The van der Waals surface area contributed by atoms with Gasteiger partial charge < -0.3 is 50.3 Å². The highest BCUT2D eigenvalue weighted by molar-refractivity contribution is 7.46. The Labute approximate surface area is 125 Å². The van der Waals surface area contributed by atoms with E-state index < -0.39 is 44.9 Å². The predicted octanol–water partition coefficient (Wildman–Crippen LogP) is -4.93. The number of carbonyl (C=O) groups excluding carboxylic acids is 1. The van der Waals surface area contributed by atoms with Crippen molar-refractivity contribution in [3.63, 3.8) is 0 Å². The number of rotatable bonds is 9. The van der Waals surface area contributed by atoms with Gasteiger partial charge in [0.15, 0.2) is 6.29 Å². The van der Waals surface area contributed by atoms with Crippen molar-refractivity contribution in [2.45, 2.75) is 30.5 Å². The lowest BCUT2D eigenvalue weighted by Crippen LogP contribution is -2.46. The van der Waals surface area contributed by atoms with Gasteiger partial charge in [-0.3, -0.25) is 4.52 Å². The van der Waals surface area contributed by atoms with Crippen LogP contribution in [0.2, 0.25) is 0 Å². The Hall–Kier alpha value is -0.500. The number of aliphatic hydroxyl groups excluding tert-OH is 7. The van der Waals surface area contributed by atoms with E-state index >= 15 is 0 Å². The molecule has 0 spiro atoms. The van der Waals surface area contributed by atoms with Crippen LogP contribution in [0.5, 0.6) is 0 Å². The Kier molecular flexibility index (Phi) is 12.9. The monoisotopic (exact) mass is 352 g/mol. The summed E-state index contributed by atoms with van der Waals surface area (Å²) < 4.78 is 14.1. The number of phosphoric ester groups is 1. The molecule has 4 unspecified atom stereocenters. The van der Waals surface area contributed by atoms with Crippen molar-refractivity contribution >= 4 is 14.1 Å². The van der Waals surface area contributed by atoms with E-state index in [2.05, 4.69) is 4.52 Å². The smallest absolute Gasteiger partial charge is 0.394 e. The van der Waals surface area contributed by atoms with E-state index in [1.54, 1.807) is 0 Å². The second-order valence-corrected chi connectivity index (χ2v) is 5.22. The number of hydrogen-bond donors (Lipinski definition) is 9. The summed E-state index contributed by atoms with van der Waals surface area (Å²) in [6, 6.07) is 0. The molecule has 0 bridgehead atoms. The van der Waals surface area contributed by atoms with Crippen LogP contribution in [0.1, 0.15) is 0 Å². The quantitative estimate of drug-likeness (QED) is 0.140. The number of aliphatic hydroxyl groups is 7. The normalized spacial score (nSPS) is 17.2. The van der Waals surface area contributed by atoms with E-state index in [0.717, 1.165) is 0 Å². The third-order valence-corrected chi connectivity index (χ3v) is 2.55. The molecule has 0 rings (SSSR count). The minimum Gasteiger partial charge on any atom is -0.394 e. The average Bonchev–Trinajstić information content (AvgIpc) is 2.49. The summed E-state index contributed by atoms with van der Waals surface area (Å²) in [7, 11) is -4.80. The Morgan fingerprint density at radius 2 is 1.41 bits per heavy atom. The van der Waals surface area contributed by atoms with Crippen LogP contribution in [0.4, 0.5) is 0 Å². The molecule has 134 valence electrons. The highest BCUT2D eigenvalue weighted by Gasteiger charge is 2.31. The Balaban J connectivity index is 0. The first-order valence-electron chi connectivity index (χ1n) is 5.77. The fourth-order valence-corrected chi connectivity index (χ4v) is 1.19. The molecule has 0 saturated heterocycles. The zero-order valence-corrected chi connectivity index (χ0v) is 12.2. The molecule has 0 aliphatic carbocycles. The number of phosphoric acid groups is 1. The zero-order chi connectivity index (χ0) is 17.9. The molecule has 0 aliphatic rings. The van der Waals surface area contributed by atoms with Gasteiger partial charge in [-0.1, -0.05) is 0 Å². The van der Waals surface area contributed by atoms with Crippen molar-refractivity contribution in [1.29, 1.82) is 0 Å². The molecular weight excluding hydrogens is 331 g/mol. The van der Waals surface area contributed by atoms with E-state index in [1.807, 2.05) is 0 Å². The third-order valence-electron chi connectivity index (χ3n) is 2.07. The van der Waals surface area contributed by atoms with Crippen LogP contribution in [0.15, 0.2) is 0 Å². The van der Waals surface area contributed by atoms with E-state index in [1.165, 1.54) is 0 Å². The van der Waals surface area contributed by atoms with E-state index in [-0.39, 0.29) is 19.5 Å². The number of carbonyl (C=O) groups is 1. The summed E-state index contributed by atoms with van der Waals surface area (Å²) in [5, 5.41) is 60.1. The van der Waals surface area contributed by atoms with Gasteiger partial charge in [-0.25, -0.2) is 4.57 Å². The average molecular weight is 352 g/mol. The van der Waals surface area contributed by atoms with Crippen LogP contribution in [0.3, 0.4) is 0 Å². The fraction of sp³-hybridized carbons (Fsp3) is 0.889. The summed E-state index contributed by atoms with van der Waals surface area (Å²) in [5.41, 5.74) is 0. The number of hydrogen-bond acceptors (Lipinski definition) is 10. The molecule has 22 heavy (non-hydrogen) atoms. The highest BCUT2D eigenvalue weighted by atomic mass is 31.2. The molecule has 0 aliphatic heterocycles. The van der Waals surface area contributed by atoms with Gasteiger partial charge in [-0.2, -0.15) is 0 Å². The maximum atomic E-state index is 10.2. The van der Waals surface area contributed by atoms with Crippen LogP contribution >= 0.6 is 7.82 Å². The molecule has 0 saturated carbocycles. The van der Waals surface area contributed by atoms with Crippen molar-refractivity contribution < 1.29 is 59.4 Å². The maximum Gasteiger partial charge on any atom is 0.469 e. The maximum absolute atomic E-state index is 10.2. The van der Waals surface area contributed by atoms with Crippen LogP contribution in [0.25, 0.3) is 0 Å². The van der Waals surface area contributed by atoms with E-state index in [0.29, 0.717) is 0 Å². The van der Waals surface area contributed by atoms with Gasteiger partial charge in [0.25, 0.3) is 0 Å². The summed E-state index contributed by atoms with van der Waals surface area (Å²) >= 11 is 0. The molecule has 0 amide bonds. The van der Waals surface area contributed by atoms with Gasteiger partial charge in [0, 0.05) is 0 Å². The van der Waals surface area contributed by atoms with Gasteiger partial charge in [0.05, 0.1) is 19.8 Å². The van der Waals surface area contributed by atoms with Crippen molar-refractivity contribution in [3.05, 3.63) is 0 Å². The Morgan fingerprint density at radius 3 is 1.68 bits per heavy atom. The molecule has 0 aromatic rings. The molecule has 0 heterocycles. The molecule has 4 atom stereocenters. The Bertz CT molecular complexity index is 329. The molecule has 0 aromatic carbocycles. The van der Waals surface area contributed by atoms with Gasteiger partial charge in [-0.15, -0.1) is 0 Å². The van der Waals surface area contributed by atoms with Crippen molar-refractivity contribution in [3.8, 4) is 0 Å². The van der Waals surface area contributed by atoms with Gasteiger partial charge in [0.1, 0.15) is 30.5 Å². The van der Waals surface area contributed by atoms with Gasteiger partial charge in [0.2, 0.25) is 0 Å². The first kappa shape index (κ1) is 23.8. The van der Waals surface area contributed by atoms with Crippen LogP contribution < -0.4 is 0 Å². The molecule has 0 radical (unpaired) electrons. The largest absolute Gasteiger partial charge is 0.469 e. The van der Waals surface area contributed by atoms with Crippen LogP contribution in [0, 0.1) is 0 Å². The minimum absolute atomic E-state index is 0.0650. The SMILES string of the molecule is O=CC(O)C(O)C(O)C(O)COP(=O)(O)O.OCC(O)CO. The Morgan fingerprint density at radius 1 is 0.955 bits per heavy atom. The second kappa shape index (κ2) is 12.0. The van der Waals surface area contributed by atoms with E-state index in [4.69, 9.17) is 45.5 Å². The summed E-state index contributed by atoms with van der Waals surface area (Å²) in [6.45, 7) is -1.69. The lowest BCUT2D eigenvalue weighted by Gasteiger charge is -2.23. The van der Waals surface area contributed by atoms with Gasteiger partial charge >= 0.3 is 7.82 Å². The summed E-state index contributed by atoms with van der Waals surface area (Å²) in [6.07, 6.45) is -8.76. The van der Waals surface area contributed by atoms with Crippen LogP contribution in [-0.2, 0) is 13.9 Å². The van der Waals surface area contributed by atoms with Crippen molar-refractivity contribution in [1.82, 2.24) is 0 Å². The molecular formula is C9H21O12P. The lowest BCUT2D eigenvalue weighted by molar-refractivity contribution is -0.136. The third kappa shape index (κ3) is 12.1. The second-order valence-electron chi connectivity index (χ2n) is 3.98. The molecule has 13 heteroatoms. The highest BCUT2D eigenvalue weighted by Crippen LogP contribution is 2.35. The molecule has 0 aromatic heterocycles. The number of aldehydes is 1. The molecule has 9 N–H and O–H groups in total. The summed E-state index contributed by atoms with van der Waals surface area (Å²) in [4.78, 5) is 26.6. The predicted molar refractivity (Wildman–Crippen MR) is 68.3 cm³/mol. The van der Waals surface area contributed by atoms with Crippen molar-refractivity contribution in [2.75, 3.05) is 19.8 Å². The van der Waals surface area contributed by atoms with Crippen molar-refractivity contribution in [2.24, 2.45) is 0 Å². The first-order chi connectivity index (χ1) is 9.99.